The number of ether oxygens (including phenoxy) is 2. The van der Waals surface area contributed by atoms with Crippen LogP contribution in [0.5, 0.6) is 5.88 Å². The summed E-state index contributed by atoms with van der Waals surface area (Å²) in [5, 5.41) is 8.54. The number of pyridine rings is 1. The van der Waals surface area contributed by atoms with Crippen LogP contribution in [0.4, 0.5) is 10.6 Å². The number of nitrogens with zero attached hydrogens (tertiary/aromatic N) is 5. The van der Waals surface area contributed by atoms with E-state index < -0.39 is 6.09 Å². The maximum atomic E-state index is 12.0. The molecule has 1 amide bonds. The Hall–Kier alpha value is -3.46. The van der Waals surface area contributed by atoms with Gasteiger partial charge in [0, 0.05) is 30.0 Å². The van der Waals surface area contributed by atoms with E-state index in [1.165, 1.54) is 5.01 Å². The fourth-order valence-electron chi connectivity index (χ4n) is 2.38. The molecular formula is C17H13ClN6O3. The Labute approximate surface area is 158 Å². The zero-order valence-electron chi connectivity index (χ0n) is 14.1. The summed E-state index contributed by atoms with van der Waals surface area (Å²) in [4.78, 5) is 24.8. The van der Waals surface area contributed by atoms with Gasteiger partial charge >= 0.3 is 12.1 Å². The molecule has 3 heterocycles. The molecule has 0 saturated heterocycles. The van der Waals surface area contributed by atoms with Gasteiger partial charge in [0.15, 0.2) is 0 Å². The second-order valence-corrected chi connectivity index (χ2v) is 6.02. The van der Waals surface area contributed by atoms with Gasteiger partial charge in [-0.3, -0.25) is 4.98 Å². The van der Waals surface area contributed by atoms with E-state index in [1.54, 1.807) is 49.8 Å². The number of nitrogens with one attached hydrogen (secondary N) is 1. The van der Waals surface area contributed by atoms with Crippen molar-refractivity contribution in [1.29, 1.82) is 0 Å². The molecule has 1 aliphatic heterocycles. The van der Waals surface area contributed by atoms with Gasteiger partial charge in [0.2, 0.25) is 5.82 Å². The minimum Gasteiger partial charge on any atom is -0.444 e. The maximum Gasteiger partial charge on any atom is 0.415 e. The molecule has 0 saturated carbocycles. The van der Waals surface area contributed by atoms with E-state index in [0.29, 0.717) is 21.9 Å². The fourth-order valence-corrected chi connectivity index (χ4v) is 2.55. The maximum absolute atomic E-state index is 12.0. The lowest BCUT2D eigenvalue weighted by molar-refractivity contribution is 0.143. The summed E-state index contributed by atoms with van der Waals surface area (Å²) in [5.41, 5.74) is 1.97. The lowest BCUT2D eigenvalue weighted by atomic mass is 10.3. The van der Waals surface area contributed by atoms with Crippen molar-refractivity contribution in [2.75, 3.05) is 12.1 Å². The summed E-state index contributed by atoms with van der Waals surface area (Å²) < 4.78 is 10.7. The second kappa shape index (κ2) is 7.04. The number of amides is 1. The zero-order valence-corrected chi connectivity index (χ0v) is 14.8. The number of hydrazone groups is 1. The number of amidine groups is 1. The quantitative estimate of drug-likeness (QED) is 0.724. The Morgan fingerprint density at radius 1 is 1.30 bits per heavy atom. The van der Waals surface area contributed by atoms with Crippen molar-refractivity contribution in [3.8, 4) is 5.88 Å². The minimum absolute atomic E-state index is 0.0717. The van der Waals surface area contributed by atoms with E-state index in [0.717, 1.165) is 5.56 Å². The normalized spacial score (nSPS) is 12.8. The molecule has 0 aliphatic carbocycles. The summed E-state index contributed by atoms with van der Waals surface area (Å²) in [6.07, 6.45) is 2.53. The number of halogens is 1. The number of benzene rings is 1. The summed E-state index contributed by atoms with van der Waals surface area (Å²) in [6, 6.07) is 8.64. The van der Waals surface area contributed by atoms with Gasteiger partial charge in [-0.25, -0.2) is 25.1 Å². The fraction of sp³-hybridized carbons (Fsp3) is 0.118. The van der Waals surface area contributed by atoms with Crippen molar-refractivity contribution in [2.45, 2.75) is 6.61 Å². The average Bonchev–Trinajstić information content (AvgIpc) is 2.66. The van der Waals surface area contributed by atoms with Crippen LogP contribution in [0.25, 0.3) is 11.0 Å². The number of rotatable bonds is 2. The van der Waals surface area contributed by atoms with Crippen LogP contribution in [0.15, 0.2) is 47.8 Å². The third kappa shape index (κ3) is 3.72. The van der Waals surface area contributed by atoms with Gasteiger partial charge in [0.25, 0.3) is 5.88 Å². The van der Waals surface area contributed by atoms with Crippen LogP contribution in [-0.2, 0) is 11.3 Å². The van der Waals surface area contributed by atoms with E-state index in [2.05, 4.69) is 25.4 Å². The lowest BCUT2D eigenvalue weighted by Gasteiger charge is -2.22. The van der Waals surface area contributed by atoms with Crippen LogP contribution < -0.4 is 15.1 Å². The van der Waals surface area contributed by atoms with Crippen LogP contribution in [0.1, 0.15) is 5.56 Å². The topological polar surface area (TPSA) is 102 Å². The molecule has 27 heavy (non-hydrogen) atoms. The number of carbonyl (C=O) groups is 1. The number of hydrogen-bond donors (Lipinski definition) is 1. The summed E-state index contributed by atoms with van der Waals surface area (Å²) in [6.45, 7) is 0.0717. The lowest BCUT2D eigenvalue weighted by Crippen LogP contribution is -2.39. The molecule has 0 bridgehead atoms. The van der Waals surface area contributed by atoms with Crippen molar-refractivity contribution in [3.63, 3.8) is 0 Å². The molecule has 9 nitrogen and oxygen atoms in total. The molecule has 2 aromatic heterocycles. The van der Waals surface area contributed by atoms with Gasteiger partial charge in [-0.15, -0.1) is 5.10 Å². The molecule has 1 N–H and O–H groups in total. The first-order valence-electron chi connectivity index (χ1n) is 7.89. The highest BCUT2D eigenvalue weighted by atomic mass is 35.5. The number of carbonyl (C=O) groups excluding carboxylic acids is 1. The summed E-state index contributed by atoms with van der Waals surface area (Å²) in [7, 11) is 1.67. The summed E-state index contributed by atoms with van der Waals surface area (Å²) in [5.74, 6) is 0.615. The Kier molecular flexibility index (Phi) is 4.43. The number of aromatic nitrogens is 3. The van der Waals surface area contributed by atoms with Gasteiger partial charge in [-0.1, -0.05) is 17.7 Å². The van der Waals surface area contributed by atoms with Gasteiger partial charge in [0.05, 0.1) is 11.0 Å². The number of hydrogen-bond acceptors (Lipinski definition) is 8. The molecule has 0 radical (unpaired) electrons. The molecule has 4 rings (SSSR count). The molecule has 0 atom stereocenters. The SMILES string of the molecule is CN1N=C(NC(=O)OCc2cccnc2)Oc2nc3cc(Cl)ccc3nc21. The van der Waals surface area contributed by atoms with Gasteiger partial charge in [0.1, 0.15) is 6.61 Å². The van der Waals surface area contributed by atoms with E-state index in [-0.39, 0.29) is 18.5 Å². The van der Waals surface area contributed by atoms with E-state index in [9.17, 15) is 4.79 Å². The predicted molar refractivity (Wildman–Crippen MR) is 98.6 cm³/mol. The first kappa shape index (κ1) is 17.0. The number of fused-ring (bicyclic) bond motifs is 2. The van der Waals surface area contributed by atoms with E-state index in [4.69, 9.17) is 21.1 Å². The molecule has 3 aromatic rings. The largest absolute Gasteiger partial charge is 0.444 e. The standard InChI is InChI=1S/C17H13ClN6O3/c1-24-14-15(21-13-7-11(18)4-5-12(13)20-14)27-16(23-24)22-17(25)26-9-10-3-2-6-19-8-10/h2-8H,9H2,1H3,(H,22,23,25). The van der Waals surface area contributed by atoms with Crippen molar-refractivity contribution < 1.29 is 14.3 Å². The second-order valence-electron chi connectivity index (χ2n) is 5.58. The van der Waals surface area contributed by atoms with Crippen molar-refractivity contribution >= 4 is 40.6 Å². The van der Waals surface area contributed by atoms with Gasteiger partial charge in [-0.2, -0.15) is 0 Å². The van der Waals surface area contributed by atoms with Crippen LogP contribution in [-0.4, -0.2) is 34.1 Å². The van der Waals surface area contributed by atoms with Crippen LogP contribution >= 0.6 is 11.6 Å². The van der Waals surface area contributed by atoms with E-state index >= 15 is 0 Å². The van der Waals surface area contributed by atoms with Gasteiger partial charge in [-0.05, 0) is 24.3 Å². The van der Waals surface area contributed by atoms with Crippen LogP contribution in [0, 0.1) is 0 Å². The highest BCUT2D eigenvalue weighted by molar-refractivity contribution is 6.31. The molecule has 0 unspecified atom stereocenters. The van der Waals surface area contributed by atoms with Crippen molar-refractivity contribution in [2.24, 2.45) is 5.10 Å². The molecule has 0 spiro atoms. The first-order chi connectivity index (χ1) is 13.1. The zero-order chi connectivity index (χ0) is 18.8. The van der Waals surface area contributed by atoms with Crippen LogP contribution in [0.3, 0.4) is 0 Å². The van der Waals surface area contributed by atoms with Crippen molar-refractivity contribution in [3.05, 3.63) is 53.3 Å². The molecule has 1 aromatic carbocycles. The Morgan fingerprint density at radius 2 is 2.19 bits per heavy atom. The first-order valence-corrected chi connectivity index (χ1v) is 8.26. The Balaban J connectivity index is 1.48. The molecule has 1 aliphatic rings. The number of alkyl carbamates (subject to hydrolysis) is 1. The van der Waals surface area contributed by atoms with E-state index in [1.807, 2.05) is 0 Å². The third-order valence-corrected chi connectivity index (χ3v) is 3.85. The summed E-state index contributed by atoms with van der Waals surface area (Å²) >= 11 is 5.99. The molecule has 10 heteroatoms. The predicted octanol–water partition coefficient (Wildman–Crippen LogP) is 2.70. The Morgan fingerprint density at radius 3 is 3.00 bits per heavy atom. The van der Waals surface area contributed by atoms with Crippen LogP contribution in [0.2, 0.25) is 5.02 Å². The smallest absolute Gasteiger partial charge is 0.415 e. The highest BCUT2D eigenvalue weighted by Crippen LogP contribution is 2.30. The Bertz CT molecular complexity index is 1040. The molecule has 136 valence electrons. The highest BCUT2D eigenvalue weighted by Gasteiger charge is 2.24. The average molecular weight is 385 g/mol. The van der Waals surface area contributed by atoms with Crippen molar-refractivity contribution in [1.82, 2.24) is 20.3 Å². The number of anilines is 1. The monoisotopic (exact) mass is 384 g/mol. The third-order valence-electron chi connectivity index (χ3n) is 3.62. The molecule has 0 fully saturated rings. The minimum atomic E-state index is -0.716. The molecular weight excluding hydrogens is 372 g/mol. The van der Waals surface area contributed by atoms with Gasteiger partial charge < -0.3 is 9.47 Å².